The highest BCUT2D eigenvalue weighted by molar-refractivity contribution is 7.99. The number of hydrogen-bond donors (Lipinski definition) is 1. The second-order valence-corrected chi connectivity index (χ2v) is 9.24. The van der Waals surface area contributed by atoms with Gasteiger partial charge in [0.2, 0.25) is 11.8 Å². The van der Waals surface area contributed by atoms with E-state index in [1.165, 1.54) is 10.4 Å². The molecule has 2 aromatic rings. The highest BCUT2D eigenvalue weighted by atomic mass is 32.2. The van der Waals surface area contributed by atoms with Crippen LogP contribution in [0.4, 0.5) is 5.69 Å². The summed E-state index contributed by atoms with van der Waals surface area (Å²) in [5.41, 5.74) is 2.40. The Bertz CT molecular complexity index is 852. The molecule has 1 aromatic heterocycles. The van der Waals surface area contributed by atoms with E-state index in [2.05, 4.69) is 21.7 Å². The first-order valence-electron chi connectivity index (χ1n) is 9.77. The summed E-state index contributed by atoms with van der Waals surface area (Å²) >= 11 is 3.62. The third kappa shape index (κ3) is 4.59. The Morgan fingerprint density at radius 2 is 2.00 bits per heavy atom. The first kappa shape index (κ1) is 19.5. The van der Waals surface area contributed by atoms with Gasteiger partial charge in [0, 0.05) is 61.1 Å². The third-order valence-electron chi connectivity index (χ3n) is 5.23. The lowest BCUT2D eigenvalue weighted by Gasteiger charge is -2.29. The van der Waals surface area contributed by atoms with Crippen LogP contribution < -0.4 is 10.2 Å². The van der Waals surface area contributed by atoms with Crippen LogP contribution in [-0.4, -0.2) is 48.6 Å². The Hall–Kier alpha value is -1.83. The van der Waals surface area contributed by atoms with Gasteiger partial charge in [-0.2, -0.15) is 0 Å². The molecular weight excluding hydrogens is 390 g/mol. The van der Waals surface area contributed by atoms with E-state index in [1.54, 1.807) is 11.8 Å². The molecule has 2 amide bonds. The maximum atomic E-state index is 12.6. The Morgan fingerprint density at radius 3 is 2.93 bits per heavy atom. The van der Waals surface area contributed by atoms with Gasteiger partial charge >= 0.3 is 0 Å². The SMILES string of the molecule is O=C(CCC(=O)N1CCSc2ccccc21)NCCN1CCc2sccc2C1. The number of thiophene rings is 1. The zero-order valence-electron chi connectivity index (χ0n) is 15.9. The summed E-state index contributed by atoms with van der Waals surface area (Å²) in [4.78, 5) is 31.6. The van der Waals surface area contributed by atoms with Gasteiger partial charge in [-0.15, -0.1) is 23.1 Å². The van der Waals surface area contributed by atoms with Crippen molar-refractivity contribution in [2.45, 2.75) is 30.7 Å². The normalized spacial score (nSPS) is 16.4. The van der Waals surface area contributed by atoms with Crippen LogP contribution in [-0.2, 0) is 22.6 Å². The van der Waals surface area contributed by atoms with Crippen molar-refractivity contribution >= 4 is 40.6 Å². The van der Waals surface area contributed by atoms with Gasteiger partial charge in [0.25, 0.3) is 0 Å². The number of para-hydroxylation sites is 1. The molecule has 1 N–H and O–H groups in total. The standard InChI is InChI=1S/C21H25N3O2S2/c25-20(22-9-11-23-10-7-18-16(15-23)8-13-27-18)5-6-21(26)24-12-14-28-19-4-2-1-3-17(19)24/h1-4,8,13H,5-7,9-12,14-15H2,(H,22,25). The number of fused-ring (bicyclic) bond motifs is 2. The lowest BCUT2D eigenvalue weighted by Crippen LogP contribution is -2.38. The average molecular weight is 416 g/mol. The summed E-state index contributed by atoms with van der Waals surface area (Å²) < 4.78 is 0. The smallest absolute Gasteiger partial charge is 0.227 e. The minimum absolute atomic E-state index is 0.0314. The van der Waals surface area contributed by atoms with Crippen molar-refractivity contribution in [3.63, 3.8) is 0 Å². The topological polar surface area (TPSA) is 52.7 Å². The average Bonchev–Trinajstić information content (AvgIpc) is 3.19. The molecule has 148 valence electrons. The van der Waals surface area contributed by atoms with Gasteiger partial charge in [0.1, 0.15) is 0 Å². The van der Waals surface area contributed by atoms with Gasteiger partial charge < -0.3 is 10.2 Å². The predicted octanol–water partition coefficient (Wildman–Crippen LogP) is 3.14. The molecule has 4 rings (SSSR count). The number of carbonyl (C=O) groups excluding carboxylic acids is 2. The zero-order valence-corrected chi connectivity index (χ0v) is 17.5. The molecule has 5 nitrogen and oxygen atoms in total. The van der Waals surface area contributed by atoms with Crippen LogP contribution in [0.1, 0.15) is 23.3 Å². The highest BCUT2D eigenvalue weighted by Crippen LogP contribution is 2.34. The lowest BCUT2D eigenvalue weighted by atomic mass is 10.1. The molecule has 0 fully saturated rings. The molecule has 0 atom stereocenters. The molecule has 0 saturated carbocycles. The fourth-order valence-corrected chi connectivity index (χ4v) is 5.61. The van der Waals surface area contributed by atoms with Crippen LogP contribution in [0.2, 0.25) is 0 Å². The Balaban J connectivity index is 1.19. The van der Waals surface area contributed by atoms with Gasteiger partial charge in [0.15, 0.2) is 0 Å². The molecule has 0 aliphatic carbocycles. The Kier molecular flexibility index (Phi) is 6.34. The molecule has 3 heterocycles. The van der Waals surface area contributed by atoms with Gasteiger partial charge in [0.05, 0.1) is 5.69 Å². The number of carbonyl (C=O) groups is 2. The molecule has 1 aromatic carbocycles. The van der Waals surface area contributed by atoms with E-state index < -0.39 is 0 Å². The van der Waals surface area contributed by atoms with E-state index in [1.807, 2.05) is 40.5 Å². The van der Waals surface area contributed by atoms with Gasteiger partial charge in [-0.3, -0.25) is 14.5 Å². The van der Waals surface area contributed by atoms with Crippen molar-refractivity contribution in [2.24, 2.45) is 0 Å². The Morgan fingerprint density at radius 1 is 1.11 bits per heavy atom. The molecule has 2 aliphatic heterocycles. The Labute approximate surface area is 174 Å². The fourth-order valence-electron chi connectivity index (χ4n) is 3.72. The number of hydrogen-bond acceptors (Lipinski definition) is 5. The van der Waals surface area contributed by atoms with Gasteiger partial charge in [-0.25, -0.2) is 0 Å². The monoisotopic (exact) mass is 415 g/mol. The summed E-state index contributed by atoms with van der Waals surface area (Å²) in [6.45, 7) is 4.22. The number of thioether (sulfide) groups is 1. The summed E-state index contributed by atoms with van der Waals surface area (Å²) in [5.74, 6) is 0.890. The minimum atomic E-state index is -0.0405. The van der Waals surface area contributed by atoms with E-state index in [-0.39, 0.29) is 24.7 Å². The fraction of sp³-hybridized carbons (Fsp3) is 0.429. The number of anilines is 1. The molecule has 7 heteroatoms. The molecule has 28 heavy (non-hydrogen) atoms. The van der Waals surface area contributed by atoms with Crippen LogP contribution in [0.25, 0.3) is 0 Å². The first-order chi connectivity index (χ1) is 13.7. The molecule has 0 saturated heterocycles. The van der Waals surface area contributed by atoms with Crippen molar-refractivity contribution in [3.8, 4) is 0 Å². The van der Waals surface area contributed by atoms with Crippen molar-refractivity contribution in [2.75, 3.05) is 36.8 Å². The molecule has 2 aliphatic rings. The summed E-state index contributed by atoms with van der Waals surface area (Å²) in [5, 5.41) is 5.13. The van der Waals surface area contributed by atoms with Crippen molar-refractivity contribution in [3.05, 3.63) is 46.2 Å². The summed E-state index contributed by atoms with van der Waals surface area (Å²) in [7, 11) is 0. The van der Waals surface area contributed by atoms with Gasteiger partial charge in [-0.05, 0) is 35.6 Å². The minimum Gasteiger partial charge on any atom is -0.355 e. The zero-order chi connectivity index (χ0) is 19.3. The van der Waals surface area contributed by atoms with E-state index in [9.17, 15) is 9.59 Å². The van der Waals surface area contributed by atoms with E-state index >= 15 is 0 Å². The number of benzene rings is 1. The molecule has 0 spiro atoms. The van der Waals surface area contributed by atoms with E-state index in [4.69, 9.17) is 0 Å². The van der Waals surface area contributed by atoms with Crippen LogP contribution in [0.3, 0.4) is 0 Å². The number of amides is 2. The van der Waals surface area contributed by atoms with Crippen molar-refractivity contribution in [1.29, 1.82) is 0 Å². The van der Waals surface area contributed by atoms with E-state index in [0.717, 1.165) is 42.4 Å². The van der Waals surface area contributed by atoms with Crippen molar-refractivity contribution in [1.82, 2.24) is 10.2 Å². The summed E-state index contributed by atoms with van der Waals surface area (Å²) in [6, 6.07) is 10.2. The van der Waals surface area contributed by atoms with E-state index in [0.29, 0.717) is 13.1 Å². The second-order valence-electron chi connectivity index (χ2n) is 7.11. The third-order valence-corrected chi connectivity index (χ3v) is 7.30. The summed E-state index contributed by atoms with van der Waals surface area (Å²) in [6.07, 6.45) is 1.61. The largest absolute Gasteiger partial charge is 0.355 e. The molecule has 0 unspecified atom stereocenters. The van der Waals surface area contributed by atoms with Crippen LogP contribution in [0, 0.1) is 0 Å². The maximum Gasteiger partial charge on any atom is 0.227 e. The quantitative estimate of drug-likeness (QED) is 0.788. The van der Waals surface area contributed by atoms with Gasteiger partial charge in [-0.1, -0.05) is 12.1 Å². The highest BCUT2D eigenvalue weighted by Gasteiger charge is 2.23. The second kappa shape index (κ2) is 9.11. The molecular formula is C21H25N3O2S2. The number of nitrogens with one attached hydrogen (secondary N) is 1. The first-order valence-corrected chi connectivity index (χ1v) is 11.6. The van der Waals surface area contributed by atoms with Crippen LogP contribution >= 0.6 is 23.1 Å². The van der Waals surface area contributed by atoms with Crippen LogP contribution in [0.15, 0.2) is 40.6 Å². The predicted molar refractivity (Wildman–Crippen MR) is 115 cm³/mol. The lowest BCUT2D eigenvalue weighted by molar-refractivity contribution is -0.125. The number of nitrogens with zero attached hydrogens (tertiary/aromatic N) is 2. The van der Waals surface area contributed by atoms with Crippen molar-refractivity contribution < 1.29 is 9.59 Å². The number of rotatable bonds is 6. The molecule has 0 bridgehead atoms. The molecule has 0 radical (unpaired) electrons. The maximum absolute atomic E-state index is 12.6. The van der Waals surface area contributed by atoms with Crippen LogP contribution in [0.5, 0.6) is 0 Å².